The summed E-state index contributed by atoms with van der Waals surface area (Å²) >= 11 is 0. The number of Topliss-reactive ketones (excluding diaryl/α,β-unsaturated/α-hetero) is 1. The molecule has 0 heterocycles. The molecular weight excluding hydrogens is 232 g/mol. The number of ketones is 1. The summed E-state index contributed by atoms with van der Waals surface area (Å²) in [6.45, 7) is 4.02. The fourth-order valence-corrected chi connectivity index (χ4v) is 1.87. The predicted octanol–water partition coefficient (Wildman–Crippen LogP) is 2.06. The highest BCUT2D eigenvalue weighted by Crippen LogP contribution is 2.28. The maximum atomic E-state index is 11.4. The minimum atomic E-state index is -0.146. The molecule has 0 bridgehead atoms. The van der Waals surface area contributed by atoms with Crippen LogP contribution in [0.3, 0.4) is 0 Å². The molecule has 0 spiro atoms. The van der Waals surface area contributed by atoms with Crippen LogP contribution in [0, 0.1) is 0 Å². The summed E-state index contributed by atoms with van der Waals surface area (Å²) in [6.07, 6.45) is 1.58. The average Bonchev–Trinajstić information content (AvgIpc) is 2.33. The van der Waals surface area contributed by atoms with E-state index in [4.69, 9.17) is 9.84 Å². The molecule has 0 aliphatic heterocycles. The van der Waals surface area contributed by atoms with Crippen LogP contribution >= 0.6 is 0 Å². The van der Waals surface area contributed by atoms with Gasteiger partial charge < -0.3 is 14.9 Å². The minimum Gasteiger partial charge on any atom is -0.507 e. The van der Waals surface area contributed by atoms with E-state index < -0.39 is 0 Å². The van der Waals surface area contributed by atoms with E-state index in [0.29, 0.717) is 18.6 Å². The number of phenols is 1. The van der Waals surface area contributed by atoms with Gasteiger partial charge in [-0.25, -0.2) is 0 Å². The number of benzene rings is 1. The van der Waals surface area contributed by atoms with Crippen molar-refractivity contribution in [1.29, 1.82) is 0 Å². The minimum absolute atomic E-state index is 0.0272. The topological polar surface area (TPSA) is 66.8 Å². The van der Waals surface area contributed by atoms with Gasteiger partial charge in [-0.1, -0.05) is 19.4 Å². The Bertz CT molecular complexity index is 413. The van der Waals surface area contributed by atoms with Crippen molar-refractivity contribution in [2.75, 3.05) is 13.2 Å². The molecule has 0 atom stereocenters. The first-order valence-electron chi connectivity index (χ1n) is 6.15. The summed E-state index contributed by atoms with van der Waals surface area (Å²) in [6, 6.07) is 3.42. The standard InChI is InChI=1S/C14H20O4/c1-3-4-13-11(9-18-8-7-15)5-6-12(10(2)16)14(13)17/h5-6,15,17H,3-4,7-9H2,1-2H3. The number of aromatic hydroxyl groups is 1. The van der Waals surface area contributed by atoms with E-state index in [2.05, 4.69) is 0 Å². The van der Waals surface area contributed by atoms with Crippen molar-refractivity contribution in [3.05, 3.63) is 28.8 Å². The summed E-state index contributed by atoms with van der Waals surface area (Å²) < 4.78 is 5.27. The van der Waals surface area contributed by atoms with Crippen molar-refractivity contribution in [3.8, 4) is 5.75 Å². The van der Waals surface area contributed by atoms with Crippen molar-refractivity contribution in [3.63, 3.8) is 0 Å². The first-order valence-corrected chi connectivity index (χ1v) is 6.15. The molecule has 4 heteroatoms. The molecule has 0 radical (unpaired) electrons. The van der Waals surface area contributed by atoms with Crippen LogP contribution in [0.4, 0.5) is 0 Å². The normalized spacial score (nSPS) is 10.6. The maximum absolute atomic E-state index is 11.4. The highest BCUT2D eigenvalue weighted by atomic mass is 16.5. The number of carbonyl (C=O) groups excluding carboxylic acids is 1. The molecule has 0 aromatic heterocycles. The second-order valence-electron chi connectivity index (χ2n) is 4.18. The van der Waals surface area contributed by atoms with Crippen LogP contribution < -0.4 is 0 Å². The Labute approximate surface area is 107 Å². The van der Waals surface area contributed by atoms with Crippen molar-refractivity contribution >= 4 is 5.78 Å². The molecule has 1 rings (SSSR count). The fraction of sp³-hybridized carbons (Fsp3) is 0.500. The summed E-state index contributed by atoms with van der Waals surface area (Å²) in [4.78, 5) is 11.4. The summed E-state index contributed by atoms with van der Waals surface area (Å²) in [5, 5.41) is 18.8. The van der Waals surface area contributed by atoms with E-state index in [1.807, 2.05) is 6.92 Å². The number of aliphatic hydroxyl groups is 1. The number of ether oxygens (including phenoxy) is 1. The monoisotopic (exact) mass is 252 g/mol. The molecule has 0 fully saturated rings. The van der Waals surface area contributed by atoms with Gasteiger partial charge in [0.25, 0.3) is 0 Å². The van der Waals surface area contributed by atoms with E-state index in [-0.39, 0.29) is 24.7 Å². The van der Waals surface area contributed by atoms with Gasteiger partial charge in [0, 0.05) is 5.56 Å². The lowest BCUT2D eigenvalue weighted by Crippen LogP contribution is -2.05. The van der Waals surface area contributed by atoms with Gasteiger partial charge in [0.15, 0.2) is 5.78 Å². The largest absolute Gasteiger partial charge is 0.507 e. The van der Waals surface area contributed by atoms with Crippen LogP contribution in [-0.4, -0.2) is 29.2 Å². The summed E-state index contributed by atoms with van der Waals surface area (Å²) in [7, 11) is 0. The number of hydrogen-bond donors (Lipinski definition) is 2. The summed E-state index contributed by atoms with van der Waals surface area (Å²) in [5.74, 6) is -0.0814. The highest BCUT2D eigenvalue weighted by Gasteiger charge is 2.14. The molecule has 1 aromatic rings. The zero-order valence-electron chi connectivity index (χ0n) is 10.9. The molecular formula is C14H20O4. The van der Waals surface area contributed by atoms with E-state index in [1.165, 1.54) is 6.92 Å². The third-order valence-electron chi connectivity index (χ3n) is 2.75. The summed E-state index contributed by atoms with van der Waals surface area (Å²) in [5.41, 5.74) is 1.99. The molecule has 0 saturated heterocycles. The van der Waals surface area contributed by atoms with E-state index in [9.17, 15) is 9.90 Å². The highest BCUT2D eigenvalue weighted by molar-refractivity contribution is 5.97. The Kier molecular flexibility index (Phi) is 5.82. The SMILES string of the molecule is CCCc1c(COCCO)ccc(C(C)=O)c1O. The Balaban J connectivity index is 3.02. The molecule has 2 N–H and O–H groups in total. The molecule has 0 aliphatic carbocycles. The van der Waals surface area contributed by atoms with Gasteiger partial charge in [-0.15, -0.1) is 0 Å². The van der Waals surface area contributed by atoms with E-state index in [1.54, 1.807) is 12.1 Å². The number of phenolic OH excluding ortho intramolecular Hbond substituents is 1. The molecule has 1 aromatic carbocycles. The van der Waals surface area contributed by atoms with Crippen LogP contribution in [0.2, 0.25) is 0 Å². The van der Waals surface area contributed by atoms with Crippen LogP contribution in [-0.2, 0) is 17.8 Å². The molecule has 0 amide bonds. The fourth-order valence-electron chi connectivity index (χ4n) is 1.87. The van der Waals surface area contributed by atoms with Crippen molar-refractivity contribution < 1.29 is 19.7 Å². The van der Waals surface area contributed by atoms with Crippen LogP contribution in [0.15, 0.2) is 12.1 Å². The quantitative estimate of drug-likeness (QED) is 0.576. The van der Waals surface area contributed by atoms with Crippen LogP contribution in [0.25, 0.3) is 0 Å². The molecule has 0 unspecified atom stereocenters. The number of rotatable bonds is 7. The zero-order chi connectivity index (χ0) is 13.5. The van der Waals surface area contributed by atoms with Crippen molar-refractivity contribution in [2.24, 2.45) is 0 Å². The number of aliphatic hydroxyl groups excluding tert-OH is 1. The van der Waals surface area contributed by atoms with Gasteiger partial charge in [0.2, 0.25) is 0 Å². The molecule has 18 heavy (non-hydrogen) atoms. The lowest BCUT2D eigenvalue weighted by Gasteiger charge is -2.13. The first kappa shape index (κ1) is 14.7. The second-order valence-corrected chi connectivity index (χ2v) is 4.18. The van der Waals surface area contributed by atoms with Crippen molar-refractivity contribution in [2.45, 2.75) is 33.3 Å². The van der Waals surface area contributed by atoms with Crippen molar-refractivity contribution in [1.82, 2.24) is 0 Å². The molecule has 0 aliphatic rings. The van der Waals surface area contributed by atoms with Gasteiger partial charge in [-0.2, -0.15) is 0 Å². The van der Waals surface area contributed by atoms with Gasteiger partial charge in [0.05, 0.1) is 25.4 Å². The number of carbonyl (C=O) groups is 1. The van der Waals surface area contributed by atoms with Gasteiger partial charge in [-0.05, 0) is 25.0 Å². The Morgan fingerprint density at radius 2 is 2.11 bits per heavy atom. The first-order chi connectivity index (χ1) is 8.61. The van der Waals surface area contributed by atoms with E-state index >= 15 is 0 Å². The molecule has 100 valence electrons. The van der Waals surface area contributed by atoms with Gasteiger partial charge >= 0.3 is 0 Å². The van der Waals surface area contributed by atoms with Crippen LogP contribution in [0.5, 0.6) is 5.75 Å². The second kappa shape index (κ2) is 7.13. The predicted molar refractivity (Wildman–Crippen MR) is 68.8 cm³/mol. The van der Waals surface area contributed by atoms with Gasteiger partial charge in [0.1, 0.15) is 5.75 Å². The zero-order valence-corrected chi connectivity index (χ0v) is 10.9. The Morgan fingerprint density at radius 1 is 1.39 bits per heavy atom. The lowest BCUT2D eigenvalue weighted by molar-refractivity contribution is 0.0810. The van der Waals surface area contributed by atoms with Crippen LogP contribution in [0.1, 0.15) is 41.8 Å². The smallest absolute Gasteiger partial charge is 0.163 e. The molecule has 0 saturated carbocycles. The van der Waals surface area contributed by atoms with E-state index in [0.717, 1.165) is 17.5 Å². The Hall–Kier alpha value is -1.39. The number of hydrogen-bond acceptors (Lipinski definition) is 4. The lowest BCUT2D eigenvalue weighted by atomic mass is 9.97. The molecule has 4 nitrogen and oxygen atoms in total. The van der Waals surface area contributed by atoms with Gasteiger partial charge in [-0.3, -0.25) is 4.79 Å². The Morgan fingerprint density at radius 3 is 2.67 bits per heavy atom. The third kappa shape index (κ3) is 3.55. The average molecular weight is 252 g/mol. The third-order valence-corrected chi connectivity index (χ3v) is 2.75. The maximum Gasteiger partial charge on any atom is 0.163 e.